The fourth-order valence-electron chi connectivity index (χ4n) is 7.45. The Morgan fingerprint density at radius 1 is 1.14 bits per heavy atom. The first-order valence-electron chi connectivity index (χ1n) is 9.58. The molecule has 2 aliphatic heterocycles. The van der Waals surface area contributed by atoms with Gasteiger partial charge in [-0.2, -0.15) is 0 Å². The molecule has 1 nitrogen and oxygen atoms in total. The fourth-order valence-corrected chi connectivity index (χ4v) is 7.45. The third kappa shape index (κ3) is 1.22. The molecule has 0 radical (unpaired) electrons. The number of rotatable bonds is 0. The van der Waals surface area contributed by atoms with Crippen molar-refractivity contribution in [1.29, 1.82) is 0 Å². The van der Waals surface area contributed by atoms with E-state index in [-0.39, 0.29) is 0 Å². The Labute approximate surface area is 134 Å². The van der Waals surface area contributed by atoms with Gasteiger partial charge in [-0.05, 0) is 78.0 Å². The highest BCUT2D eigenvalue weighted by atomic mass is 15.2. The standard InChI is InChI=1S/C21H27N/c1-12-10-22-11-15-7-5-13-3-4-14-6-8-16-17(12)9-18(22)21(15,2)20(16)19(13)14/h6,8,12-13,15,17-18H,3-5,7,9-11H2,1-2H3/t12-,13-,15-,17-,18-,21-/m1/s1. The summed E-state index contributed by atoms with van der Waals surface area (Å²) >= 11 is 0. The summed E-state index contributed by atoms with van der Waals surface area (Å²) < 4.78 is 0. The van der Waals surface area contributed by atoms with Crippen LogP contribution in [0, 0.1) is 11.8 Å². The first-order valence-corrected chi connectivity index (χ1v) is 9.58. The van der Waals surface area contributed by atoms with Crippen molar-refractivity contribution >= 4 is 0 Å². The lowest BCUT2D eigenvalue weighted by Gasteiger charge is -2.52. The zero-order valence-corrected chi connectivity index (χ0v) is 13.9. The van der Waals surface area contributed by atoms with Crippen LogP contribution in [0.5, 0.6) is 0 Å². The SMILES string of the molecule is C[C@@H]1CN2C[C@H]3CC[C@H]4CCc5ccc6c(c54)[C@@]3(C)[C@H]2C[C@@H]61. The van der Waals surface area contributed by atoms with Gasteiger partial charge in [-0.3, -0.25) is 4.90 Å². The van der Waals surface area contributed by atoms with Crippen molar-refractivity contribution in [1.82, 2.24) is 4.90 Å². The number of fused-ring (bicyclic) bond motifs is 2. The van der Waals surface area contributed by atoms with Crippen LogP contribution in [0.3, 0.4) is 0 Å². The van der Waals surface area contributed by atoms with Crippen molar-refractivity contribution < 1.29 is 0 Å². The van der Waals surface area contributed by atoms with E-state index >= 15 is 0 Å². The summed E-state index contributed by atoms with van der Waals surface area (Å²) in [4.78, 5) is 2.89. The van der Waals surface area contributed by atoms with Gasteiger partial charge in [0.15, 0.2) is 0 Å². The molecule has 6 atom stereocenters. The van der Waals surface area contributed by atoms with Crippen LogP contribution in [0.2, 0.25) is 0 Å². The van der Waals surface area contributed by atoms with E-state index in [2.05, 4.69) is 30.9 Å². The van der Waals surface area contributed by atoms with E-state index in [1.54, 1.807) is 11.1 Å². The Hall–Kier alpha value is -0.820. The normalized spacial score (nSPS) is 47.6. The average Bonchev–Trinajstić information content (AvgIpc) is 3.00. The summed E-state index contributed by atoms with van der Waals surface area (Å²) in [6.45, 7) is 7.90. The minimum Gasteiger partial charge on any atom is -0.299 e. The molecule has 0 saturated carbocycles. The summed E-state index contributed by atoms with van der Waals surface area (Å²) in [6, 6.07) is 5.93. The van der Waals surface area contributed by atoms with Gasteiger partial charge in [0.25, 0.3) is 0 Å². The molecule has 1 heteroatoms. The monoisotopic (exact) mass is 293 g/mol. The topological polar surface area (TPSA) is 3.24 Å². The molecule has 5 aliphatic rings. The second-order valence-corrected chi connectivity index (χ2v) is 9.18. The molecule has 1 aromatic carbocycles. The molecular weight excluding hydrogens is 266 g/mol. The summed E-state index contributed by atoms with van der Waals surface area (Å²) in [6.07, 6.45) is 7.15. The smallest absolute Gasteiger partial charge is 0.0199 e. The minimum absolute atomic E-state index is 0.469. The Kier molecular flexibility index (Phi) is 2.18. The Morgan fingerprint density at radius 3 is 2.95 bits per heavy atom. The van der Waals surface area contributed by atoms with Crippen molar-refractivity contribution in [3.8, 4) is 0 Å². The molecule has 2 fully saturated rings. The Balaban J connectivity index is 1.73. The zero-order chi connectivity index (χ0) is 14.6. The summed E-state index contributed by atoms with van der Waals surface area (Å²) in [7, 11) is 0. The first-order chi connectivity index (χ1) is 10.7. The van der Waals surface area contributed by atoms with Crippen LogP contribution in [0.1, 0.15) is 73.6 Å². The second kappa shape index (κ2) is 3.80. The zero-order valence-electron chi connectivity index (χ0n) is 13.9. The van der Waals surface area contributed by atoms with E-state index in [1.807, 2.05) is 11.1 Å². The van der Waals surface area contributed by atoms with Crippen LogP contribution in [0.25, 0.3) is 0 Å². The Bertz CT molecular complexity index is 677. The largest absolute Gasteiger partial charge is 0.299 e. The summed E-state index contributed by atoms with van der Waals surface area (Å²) in [5.41, 5.74) is 7.71. The summed E-state index contributed by atoms with van der Waals surface area (Å²) in [5, 5.41) is 0. The van der Waals surface area contributed by atoms with E-state index in [9.17, 15) is 0 Å². The highest BCUT2D eigenvalue weighted by molar-refractivity contribution is 5.56. The van der Waals surface area contributed by atoms with E-state index in [1.165, 1.54) is 45.2 Å². The minimum atomic E-state index is 0.469. The van der Waals surface area contributed by atoms with Gasteiger partial charge in [0.1, 0.15) is 0 Å². The highest BCUT2D eigenvalue weighted by Gasteiger charge is 2.60. The lowest BCUT2D eigenvalue weighted by molar-refractivity contribution is 0.0929. The van der Waals surface area contributed by atoms with Gasteiger partial charge in [-0.1, -0.05) is 26.0 Å². The number of aryl methyl sites for hydroxylation is 1. The second-order valence-electron chi connectivity index (χ2n) is 9.18. The van der Waals surface area contributed by atoms with Crippen molar-refractivity contribution in [3.05, 3.63) is 34.4 Å². The van der Waals surface area contributed by atoms with Gasteiger partial charge in [0, 0.05) is 24.5 Å². The quantitative estimate of drug-likeness (QED) is 0.693. The highest BCUT2D eigenvalue weighted by Crippen LogP contribution is 2.63. The maximum absolute atomic E-state index is 2.89. The van der Waals surface area contributed by atoms with Crippen molar-refractivity contribution in [2.45, 2.75) is 69.2 Å². The molecule has 22 heavy (non-hydrogen) atoms. The van der Waals surface area contributed by atoms with Crippen molar-refractivity contribution in [3.63, 3.8) is 0 Å². The molecule has 1 aromatic rings. The van der Waals surface area contributed by atoms with E-state index in [0.717, 1.165) is 29.7 Å². The Morgan fingerprint density at radius 2 is 2.05 bits per heavy atom. The molecule has 6 rings (SSSR count). The lowest BCUT2D eigenvalue weighted by Crippen LogP contribution is -2.53. The number of nitrogens with zero attached hydrogens (tertiary/aromatic N) is 1. The predicted octanol–water partition coefficient (Wildman–Crippen LogP) is 4.21. The van der Waals surface area contributed by atoms with Crippen LogP contribution in [0.4, 0.5) is 0 Å². The number of hydrogen-bond acceptors (Lipinski definition) is 1. The molecule has 0 N–H and O–H groups in total. The average molecular weight is 293 g/mol. The van der Waals surface area contributed by atoms with Crippen LogP contribution < -0.4 is 0 Å². The van der Waals surface area contributed by atoms with E-state index in [0.29, 0.717) is 5.41 Å². The maximum atomic E-state index is 2.89. The third-order valence-electron chi connectivity index (χ3n) is 8.46. The molecule has 3 aliphatic carbocycles. The number of piperidine rings is 1. The van der Waals surface area contributed by atoms with Crippen molar-refractivity contribution in [2.24, 2.45) is 11.8 Å². The molecule has 0 spiro atoms. The maximum Gasteiger partial charge on any atom is 0.0199 e. The van der Waals surface area contributed by atoms with Gasteiger partial charge in [-0.25, -0.2) is 0 Å². The van der Waals surface area contributed by atoms with E-state index in [4.69, 9.17) is 0 Å². The van der Waals surface area contributed by atoms with Crippen LogP contribution in [-0.2, 0) is 11.8 Å². The van der Waals surface area contributed by atoms with Gasteiger partial charge >= 0.3 is 0 Å². The molecular formula is C21H27N. The van der Waals surface area contributed by atoms with Gasteiger partial charge in [0.2, 0.25) is 0 Å². The molecule has 116 valence electrons. The molecule has 0 amide bonds. The third-order valence-corrected chi connectivity index (χ3v) is 8.46. The van der Waals surface area contributed by atoms with E-state index < -0.39 is 0 Å². The van der Waals surface area contributed by atoms with Crippen LogP contribution >= 0.6 is 0 Å². The van der Waals surface area contributed by atoms with Gasteiger partial charge in [0.05, 0.1) is 0 Å². The fraction of sp³-hybridized carbons (Fsp3) is 0.714. The van der Waals surface area contributed by atoms with Crippen LogP contribution in [-0.4, -0.2) is 24.0 Å². The molecule has 2 saturated heterocycles. The molecule has 2 bridgehead atoms. The van der Waals surface area contributed by atoms with Gasteiger partial charge in [-0.15, -0.1) is 0 Å². The van der Waals surface area contributed by atoms with Gasteiger partial charge < -0.3 is 0 Å². The number of hydrogen-bond donors (Lipinski definition) is 0. The number of benzene rings is 1. The lowest BCUT2D eigenvalue weighted by atomic mass is 9.57. The predicted molar refractivity (Wildman–Crippen MR) is 89.5 cm³/mol. The molecule has 0 aromatic heterocycles. The molecule has 2 heterocycles. The van der Waals surface area contributed by atoms with Crippen LogP contribution in [0.15, 0.2) is 12.1 Å². The molecule has 0 unspecified atom stereocenters. The summed E-state index contributed by atoms with van der Waals surface area (Å²) in [5.74, 6) is 3.50. The van der Waals surface area contributed by atoms with Crippen molar-refractivity contribution in [2.75, 3.05) is 13.1 Å². The first kappa shape index (κ1) is 12.6.